The molecule has 0 bridgehead atoms. The minimum Gasteiger partial charge on any atom is -0.329 e. The third-order valence-electron chi connectivity index (χ3n) is 4.21. The first-order valence-corrected chi connectivity index (χ1v) is 8.92. The third-order valence-corrected chi connectivity index (χ3v) is 5.49. The monoisotopic (exact) mass is 300 g/mol. The summed E-state index contributed by atoms with van der Waals surface area (Å²) in [6.45, 7) is 6.94. The van der Waals surface area contributed by atoms with Crippen molar-refractivity contribution in [2.75, 3.05) is 24.6 Å². The van der Waals surface area contributed by atoms with Gasteiger partial charge in [-0.2, -0.15) is 0 Å². The molecule has 0 saturated carbocycles. The van der Waals surface area contributed by atoms with Crippen molar-refractivity contribution in [3.05, 3.63) is 0 Å². The minimum atomic E-state index is -0.908. The maximum Gasteiger partial charge on any atom is 0.246 e. The first-order chi connectivity index (χ1) is 9.47. The molecule has 5 nitrogen and oxygen atoms in total. The average molecular weight is 300 g/mol. The molecule has 6 heteroatoms. The summed E-state index contributed by atoms with van der Waals surface area (Å²) in [5, 5.41) is 0. The molecule has 3 unspecified atom stereocenters. The van der Waals surface area contributed by atoms with E-state index in [2.05, 4.69) is 0 Å². The van der Waals surface area contributed by atoms with Gasteiger partial charge in [-0.05, 0) is 18.8 Å². The molecular weight excluding hydrogens is 276 g/mol. The van der Waals surface area contributed by atoms with Crippen LogP contribution in [0.1, 0.15) is 33.6 Å². The van der Waals surface area contributed by atoms with Gasteiger partial charge in [0.25, 0.3) is 0 Å². The molecule has 2 aliphatic heterocycles. The lowest BCUT2D eigenvalue weighted by Crippen LogP contribution is -2.64. The van der Waals surface area contributed by atoms with Gasteiger partial charge < -0.3 is 9.80 Å². The number of carbonyl (C=O) groups is 2. The highest BCUT2D eigenvalue weighted by Crippen LogP contribution is 2.29. The van der Waals surface area contributed by atoms with Gasteiger partial charge in [0.1, 0.15) is 12.1 Å². The van der Waals surface area contributed by atoms with Gasteiger partial charge in [0.2, 0.25) is 11.8 Å². The molecule has 0 spiro atoms. The number of hydrogen-bond donors (Lipinski definition) is 0. The molecule has 0 aromatic carbocycles. The molecule has 114 valence electrons. The summed E-state index contributed by atoms with van der Waals surface area (Å²) in [6.07, 6.45) is 1.67. The smallest absolute Gasteiger partial charge is 0.246 e. The Kier molecular flexibility index (Phi) is 4.83. The van der Waals surface area contributed by atoms with E-state index in [0.717, 1.165) is 12.8 Å². The summed E-state index contributed by atoms with van der Waals surface area (Å²) in [7, 11) is -0.908. The second-order valence-electron chi connectivity index (χ2n) is 5.84. The van der Waals surface area contributed by atoms with E-state index in [1.165, 1.54) is 0 Å². The van der Waals surface area contributed by atoms with Crippen LogP contribution in [0.3, 0.4) is 0 Å². The maximum absolute atomic E-state index is 12.6. The van der Waals surface area contributed by atoms with Crippen molar-refractivity contribution < 1.29 is 13.8 Å². The van der Waals surface area contributed by atoms with Crippen molar-refractivity contribution in [2.45, 2.75) is 45.7 Å². The van der Waals surface area contributed by atoms with Crippen LogP contribution >= 0.6 is 0 Å². The Labute approximate surface area is 123 Å². The highest BCUT2D eigenvalue weighted by Gasteiger charge is 2.48. The second-order valence-corrected chi connectivity index (χ2v) is 7.71. The van der Waals surface area contributed by atoms with E-state index in [4.69, 9.17) is 0 Å². The summed E-state index contributed by atoms with van der Waals surface area (Å²) in [5.74, 6) is 1.27. The predicted octanol–water partition coefficient (Wildman–Crippen LogP) is 0.613. The lowest BCUT2D eigenvalue weighted by molar-refractivity contribution is -0.161. The molecule has 0 aromatic rings. The van der Waals surface area contributed by atoms with Crippen LogP contribution in [0.5, 0.6) is 0 Å². The molecule has 2 heterocycles. The van der Waals surface area contributed by atoms with Crippen LogP contribution in [0.25, 0.3) is 0 Å². The van der Waals surface area contributed by atoms with Gasteiger partial charge in [0.05, 0.1) is 0 Å². The Morgan fingerprint density at radius 1 is 1.30 bits per heavy atom. The number of carbonyl (C=O) groups excluding carboxylic acids is 2. The van der Waals surface area contributed by atoms with Crippen LogP contribution in [0, 0.1) is 5.92 Å². The maximum atomic E-state index is 12.6. The van der Waals surface area contributed by atoms with E-state index in [9.17, 15) is 13.8 Å². The van der Waals surface area contributed by atoms with Gasteiger partial charge in [-0.1, -0.05) is 20.8 Å². The predicted molar refractivity (Wildman–Crippen MR) is 78.6 cm³/mol. The number of nitrogens with zero attached hydrogens (tertiary/aromatic N) is 2. The van der Waals surface area contributed by atoms with Gasteiger partial charge in [-0.25, -0.2) is 0 Å². The Hall–Kier alpha value is -0.910. The molecule has 2 fully saturated rings. The van der Waals surface area contributed by atoms with Gasteiger partial charge >= 0.3 is 0 Å². The topological polar surface area (TPSA) is 57.7 Å². The van der Waals surface area contributed by atoms with Gasteiger partial charge in [0, 0.05) is 35.4 Å². The van der Waals surface area contributed by atoms with Crippen LogP contribution < -0.4 is 0 Å². The molecular formula is C14H24N2O3S. The van der Waals surface area contributed by atoms with Crippen molar-refractivity contribution in [3.63, 3.8) is 0 Å². The second kappa shape index (κ2) is 6.24. The van der Waals surface area contributed by atoms with Gasteiger partial charge in [0.15, 0.2) is 0 Å². The van der Waals surface area contributed by atoms with Crippen LogP contribution in [-0.2, 0) is 20.4 Å². The zero-order valence-corrected chi connectivity index (χ0v) is 13.3. The van der Waals surface area contributed by atoms with E-state index in [-0.39, 0.29) is 29.8 Å². The first kappa shape index (κ1) is 15.5. The van der Waals surface area contributed by atoms with Crippen LogP contribution in [0.4, 0.5) is 0 Å². The fourth-order valence-corrected chi connectivity index (χ4v) is 3.85. The van der Waals surface area contributed by atoms with Crippen molar-refractivity contribution in [1.29, 1.82) is 0 Å². The van der Waals surface area contributed by atoms with Crippen molar-refractivity contribution >= 4 is 22.6 Å². The lowest BCUT2D eigenvalue weighted by atomic mass is 9.96. The fraction of sp³-hybridized carbons (Fsp3) is 0.857. The van der Waals surface area contributed by atoms with Crippen LogP contribution in [-0.4, -0.2) is 62.5 Å². The average Bonchev–Trinajstić information content (AvgIpc) is 2.90. The van der Waals surface area contributed by atoms with Gasteiger partial charge in [-0.15, -0.1) is 0 Å². The molecule has 0 aliphatic carbocycles. The summed E-state index contributed by atoms with van der Waals surface area (Å²) >= 11 is 0. The Bertz CT molecular complexity index is 425. The number of rotatable bonds is 5. The molecule has 0 radical (unpaired) electrons. The minimum absolute atomic E-state index is 0.0499. The Morgan fingerprint density at radius 3 is 2.60 bits per heavy atom. The van der Waals surface area contributed by atoms with E-state index in [1.807, 2.05) is 20.8 Å². The van der Waals surface area contributed by atoms with E-state index in [1.54, 1.807) is 9.80 Å². The number of piperazine rings is 1. The highest BCUT2D eigenvalue weighted by atomic mass is 32.2. The van der Waals surface area contributed by atoms with Crippen molar-refractivity contribution in [2.24, 2.45) is 5.92 Å². The zero-order valence-electron chi connectivity index (χ0n) is 12.5. The third kappa shape index (κ3) is 2.75. The van der Waals surface area contributed by atoms with Crippen molar-refractivity contribution in [1.82, 2.24) is 9.80 Å². The number of fused-ring (bicyclic) bond motifs is 1. The van der Waals surface area contributed by atoms with E-state index in [0.29, 0.717) is 24.6 Å². The lowest BCUT2D eigenvalue weighted by Gasteiger charge is -2.44. The summed E-state index contributed by atoms with van der Waals surface area (Å²) < 4.78 is 11.6. The molecule has 2 aliphatic rings. The SMILES string of the molecule is CCS(=O)CCN1C(=O)C2CCCN2C(=O)C1C(C)C. The molecule has 2 rings (SSSR count). The highest BCUT2D eigenvalue weighted by molar-refractivity contribution is 7.84. The van der Waals surface area contributed by atoms with Gasteiger partial charge in [-0.3, -0.25) is 13.8 Å². The molecule has 2 amide bonds. The normalized spacial score (nSPS) is 28.2. The zero-order chi connectivity index (χ0) is 14.9. The first-order valence-electron chi connectivity index (χ1n) is 7.43. The summed E-state index contributed by atoms with van der Waals surface area (Å²) in [5.41, 5.74) is 0. The molecule has 0 N–H and O–H groups in total. The Morgan fingerprint density at radius 2 is 2.00 bits per heavy atom. The molecule has 20 heavy (non-hydrogen) atoms. The number of amides is 2. The van der Waals surface area contributed by atoms with E-state index >= 15 is 0 Å². The largest absolute Gasteiger partial charge is 0.329 e. The fourth-order valence-electron chi connectivity index (χ4n) is 3.16. The number of hydrogen-bond acceptors (Lipinski definition) is 3. The molecule has 3 atom stereocenters. The summed E-state index contributed by atoms with van der Waals surface area (Å²) in [4.78, 5) is 28.6. The Balaban J connectivity index is 2.18. The van der Waals surface area contributed by atoms with Crippen LogP contribution in [0.2, 0.25) is 0 Å². The molecule has 2 saturated heterocycles. The van der Waals surface area contributed by atoms with Crippen molar-refractivity contribution in [3.8, 4) is 0 Å². The summed E-state index contributed by atoms with van der Waals surface area (Å²) in [6, 6.07) is -0.654. The molecule has 0 aromatic heterocycles. The standard InChI is InChI=1S/C14H24N2O3S/c1-4-20(19)9-8-16-12(10(2)3)14(18)15-7-5-6-11(15)13(16)17/h10-12H,4-9H2,1-3H3. The quantitative estimate of drug-likeness (QED) is 0.747. The van der Waals surface area contributed by atoms with Crippen LogP contribution in [0.15, 0.2) is 0 Å². The van der Waals surface area contributed by atoms with E-state index < -0.39 is 10.8 Å².